The van der Waals surface area contributed by atoms with Gasteiger partial charge in [0.2, 0.25) is 0 Å². The molecule has 20 heavy (non-hydrogen) atoms. The van der Waals surface area contributed by atoms with Crippen molar-refractivity contribution in [3.63, 3.8) is 0 Å². The first-order chi connectivity index (χ1) is 9.65. The fraction of sp³-hybridized carbons (Fsp3) is 0.143. The van der Waals surface area contributed by atoms with Crippen LogP contribution in [0, 0.1) is 6.92 Å². The second-order valence-electron chi connectivity index (χ2n) is 4.47. The lowest BCUT2D eigenvalue weighted by atomic mass is 10.2. The van der Waals surface area contributed by atoms with Crippen LogP contribution in [0.1, 0.15) is 21.9 Å². The standard InChI is InChI=1S/C14H12N4O2/c1-9-16-12-5-4-10(14(19)20)7-13(12)18(9)8-11-3-2-6-15-17-11/h2-7H,8H2,1H3,(H,19,20). The minimum absolute atomic E-state index is 0.248. The molecule has 1 aromatic carbocycles. The van der Waals surface area contributed by atoms with Crippen molar-refractivity contribution in [3.8, 4) is 0 Å². The van der Waals surface area contributed by atoms with E-state index in [0.717, 1.165) is 22.6 Å². The van der Waals surface area contributed by atoms with E-state index in [1.54, 1.807) is 24.4 Å². The van der Waals surface area contributed by atoms with Crippen LogP contribution >= 0.6 is 0 Å². The van der Waals surface area contributed by atoms with Crippen LogP contribution < -0.4 is 0 Å². The highest BCUT2D eigenvalue weighted by molar-refractivity contribution is 5.92. The molecule has 6 nitrogen and oxygen atoms in total. The Bertz CT molecular complexity index is 780. The summed E-state index contributed by atoms with van der Waals surface area (Å²) in [6.07, 6.45) is 1.62. The number of hydrogen-bond acceptors (Lipinski definition) is 4. The maximum Gasteiger partial charge on any atom is 0.335 e. The summed E-state index contributed by atoms with van der Waals surface area (Å²) in [7, 11) is 0. The average molecular weight is 268 g/mol. The zero-order valence-corrected chi connectivity index (χ0v) is 10.8. The van der Waals surface area contributed by atoms with Crippen LogP contribution in [0.15, 0.2) is 36.5 Å². The number of carbonyl (C=O) groups is 1. The molecule has 3 rings (SSSR count). The van der Waals surface area contributed by atoms with Gasteiger partial charge in [0.15, 0.2) is 0 Å². The summed E-state index contributed by atoms with van der Waals surface area (Å²) in [6, 6.07) is 8.61. The number of imidazole rings is 1. The van der Waals surface area contributed by atoms with E-state index < -0.39 is 5.97 Å². The summed E-state index contributed by atoms with van der Waals surface area (Å²) in [5.74, 6) is -0.134. The molecule has 0 amide bonds. The second kappa shape index (κ2) is 4.73. The Balaban J connectivity index is 2.11. The Hall–Kier alpha value is -2.76. The Labute approximate surface area is 114 Å². The molecule has 0 fully saturated rings. The van der Waals surface area contributed by atoms with Crippen LogP contribution in [0.4, 0.5) is 0 Å². The number of benzene rings is 1. The van der Waals surface area contributed by atoms with Crippen LogP contribution in [0.25, 0.3) is 11.0 Å². The number of carboxylic acids is 1. The van der Waals surface area contributed by atoms with E-state index in [0.29, 0.717) is 6.54 Å². The van der Waals surface area contributed by atoms with Crippen molar-refractivity contribution >= 4 is 17.0 Å². The first-order valence-corrected chi connectivity index (χ1v) is 6.12. The molecule has 0 bridgehead atoms. The van der Waals surface area contributed by atoms with Crippen molar-refractivity contribution < 1.29 is 9.90 Å². The summed E-state index contributed by atoms with van der Waals surface area (Å²) in [6.45, 7) is 2.40. The lowest BCUT2D eigenvalue weighted by molar-refractivity contribution is 0.0697. The molecule has 6 heteroatoms. The van der Waals surface area contributed by atoms with Gasteiger partial charge in [0.05, 0.1) is 28.8 Å². The minimum atomic E-state index is -0.947. The highest BCUT2D eigenvalue weighted by Crippen LogP contribution is 2.19. The molecule has 0 spiro atoms. The van der Waals surface area contributed by atoms with E-state index in [-0.39, 0.29) is 5.56 Å². The quantitative estimate of drug-likeness (QED) is 0.784. The third-order valence-corrected chi connectivity index (χ3v) is 3.13. The Morgan fingerprint density at radius 3 is 2.90 bits per heavy atom. The van der Waals surface area contributed by atoms with Crippen LogP contribution in [-0.4, -0.2) is 30.8 Å². The van der Waals surface area contributed by atoms with Crippen molar-refractivity contribution in [1.29, 1.82) is 0 Å². The molecule has 0 aliphatic carbocycles. The fourth-order valence-corrected chi connectivity index (χ4v) is 2.16. The van der Waals surface area contributed by atoms with Crippen molar-refractivity contribution in [2.75, 3.05) is 0 Å². The largest absolute Gasteiger partial charge is 0.478 e. The Kier molecular flexibility index (Phi) is 2.90. The number of aromatic carboxylic acids is 1. The van der Waals surface area contributed by atoms with Crippen molar-refractivity contribution in [3.05, 3.63) is 53.6 Å². The summed E-state index contributed by atoms with van der Waals surface area (Å²) < 4.78 is 1.94. The van der Waals surface area contributed by atoms with Crippen LogP contribution in [-0.2, 0) is 6.54 Å². The maximum atomic E-state index is 11.1. The average Bonchev–Trinajstić information content (AvgIpc) is 2.75. The fourth-order valence-electron chi connectivity index (χ4n) is 2.16. The predicted molar refractivity (Wildman–Crippen MR) is 72.6 cm³/mol. The molecule has 3 aromatic rings. The molecule has 0 radical (unpaired) electrons. The molecule has 100 valence electrons. The van der Waals surface area contributed by atoms with Gasteiger partial charge in [-0.15, -0.1) is 0 Å². The highest BCUT2D eigenvalue weighted by atomic mass is 16.4. The number of rotatable bonds is 3. The highest BCUT2D eigenvalue weighted by Gasteiger charge is 2.11. The molecule has 0 saturated carbocycles. The van der Waals surface area contributed by atoms with Gasteiger partial charge in [-0.25, -0.2) is 9.78 Å². The number of aryl methyl sites for hydroxylation is 1. The Morgan fingerprint density at radius 2 is 2.20 bits per heavy atom. The van der Waals surface area contributed by atoms with E-state index >= 15 is 0 Å². The first-order valence-electron chi connectivity index (χ1n) is 6.12. The van der Waals surface area contributed by atoms with Gasteiger partial charge in [-0.2, -0.15) is 10.2 Å². The van der Waals surface area contributed by atoms with Gasteiger partial charge in [-0.1, -0.05) is 0 Å². The molecule has 2 aromatic heterocycles. The second-order valence-corrected chi connectivity index (χ2v) is 4.47. The normalized spacial score (nSPS) is 10.8. The number of hydrogen-bond donors (Lipinski definition) is 1. The van der Waals surface area contributed by atoms with Gasteiger partial charge >= 0.3 is 5.97 Å². The van der Waals surface area contributed by atoms with Crippen LogP contribution in [0.3, 0.4) is 0 Å². The maximum absolute atomic E-state index is 11.1. The summed E-state index contributed by atoms with van der Waals surface area (Å²) >= 11 is 0. The van der Waals surface area contributed by atoms with Gasteiger partial charge in [0, 0.05) is 6.20 Å². The van der Waals surface area contributed by atoms with Crippen LogP contribution in [0.2, 0.25) is 0 Å². The van der Waals surface area contributed by atoms with Crippen molar-refractivity contribution in [1.82, 2.24) is 19.7 Å². The van der Waals surface area contributed by atoms with Gasteiger partial charge in [-0.05, 0) is 37.3 Å². The number of nitrogens with zero attached hydrogens (tertiary/aromatic N) is 4. The van der Waals surface area contributed by atoms with E-state index in [9.17, 15) is 4.79 Å². The van der Waals surface area contributed by atoms with Crippen molar-refractivity contribution in [2.45, 2.75) is 13.5 Å². The smallest absolute Gasteiger partial charge is 0.335 e. The zero-order chi connectivity index (χ0) is 14.1. The topological polar surface area (TPSA) is 80.9 Å². The molecule has 0 atom stereocenters. The molecule has 0 saturated heterocycles. The zero-order valence-electron chi connectivity index (χ0n) is 10.8. The van der Waals surface area contributed by atoms with E-state index in [1.165, 1.54) is 0 Å². The molecular formula is C14H12N4O2. The number of carboxylic acid groups (broad SMARTS) is 1. The van der Waals surface area contributed by atoms with E-state index in [2.05, 4.69) is 15.2 Å². The van der Waals surface area contributed by atoms with E-state index in [1.807, 2.05) is 23.6 Å². The van der Waals surface area contributed by atoms with Crippen molar-refractivity contribution in [2.24, 2.45) is 0 Å². The molecule has 0 unspecified atom stereocenters. The number of fused-ring (bicyclic) bond motifs is 1. The first kappa shape index (κ1) is 12.3. The Morgan fingerprint density at radius 1 is 1.35 bits per heavy atom. The number of aromatic nitrogens is 4. The summed E-state index contributed by atoms with van der Waals surface area (Å²) in [5.41, 5.74) is 2.61. The van der Waals surface area contributed by atoms with Gasteiger partial charge < -0.3 is 9.67 Å². The summed E-state index contributed by atoms with van der Waals surface area (Å²) in [5, 5.41) is 17.0. The third kappa shape index (κ3) is 2.11. The van der Waals surface area contributed by atoms with Crippen LogP contribution in [0.5, 0.6) is 0 Å². The lowest BCUT2D eigenvalue weighted by Crippen LogP contribution is -2.05. The van der Waals surface area contributed by atoms with Gasteiger partial charge in [-0.3, -0.25) is 0 Å². The predicted octanol–water partition coefficient (Wildman–Crippen LogP) is 1.88. The third-order valence-electron chi connectivity index (χ3n) is 3.13. The molecule has 0 aliphatic rings. The monoisotopic (exact) mass is 268 g/mol. The van der Waals surface area contributed by atoms with Gasteiger partial charge in [0.25, 0.3) is 0 Å². The minimum Gasteiger partial charge on any atom is -0.478 e. The summed E-state index contributed by atoms with van der Waals surface area (Å²) in [4.78, 5) is 15.5. The lowest BCUT2D eigenvalue weighted by Gasteiger charge is -2.06. The van der Waals surface area contributed by atoms with E-state index in [4.69, 9.17) is 5.11 Å². The SMILES string of the molecule is Cc1nc2ccc(C(=O)O)cc2n1Cc1cccnn1. The molecule has 2 heterocycles. The molecular weight excluding hydrogens is 256 g/mol. The molecule has 1 N–H and O–H groups in total. The van der Waals surface area contributed by atoms with Gasteiger partial charge in [0.1, 0.15) is 5.82 Å². The molecule has 0 aliphatic heterocycles.